The number of ketones is 1. The summed E-state index contributed by atoms with van der Waals surface area (Å²) in [6, 6.07) is 7.51. The van der Waals surface area contributed by atoms with E-state index in [0.29, 0.717) is 11.1 Å². The van der Waals surface area contributed by atoms with Crippen molar-refractivity contribution in [1.29, 1.82) is 0 Å². The number of hydrogen-bond donors (Lipinski definition) is 0. The molecule has 0 aromatic carbocycles. The molecule has 130 valence electrons. The third kappa shape index (κ3) is 3.91. The van der Waals surface area contributed by atoms with E-state index in [2.05, 4.69) is 16.0 Å². The predicted molar refractivity (Wildman–Crippen MR) is 95.3 cm³/mol. The van der Waals surface area contributed by atoms with Gasteiger partial charge in [0.1, 0.15) is 6.26 Å². The molecule has 0 aliphatic heterocycles. The van der Waals surface area contributed by atoms with Crippen LogP contribution in [0.2, 0.25) is 0 Å². The molecular weight excluding hydrogens is 338 g/mol. The van der Waals surface area contributed by atoms with E-state index in [4.69, 9.17) is 9.15 Å². The number of aromatic nitrogens is 1. The average Bonchev–Trinajstić information content (AvgIpc) is 3.33. The fourth-order valence-electron chi connectivity index (χ4n) is 2.78. The Labute approximate surface area is 149 Å². The number of hydrogen-bond acceptors (Lipinski definition) is 5. The Bertz CT molecular complexity index is 860. The van der Waals surface area contributed by atoms with Gasteiger partial charge in [-0.25, -0.2) is 4.79 Å². The second-order valence-electron chi connectivity index (χ2n) is 5.78. The van der Waals surface area contributed by atoms with Gasteiger partial charge in [-0.3, -0.25) is 4.79 Å². The molecule has 3 rings (SSSR count). The summed E-state index contributed by atoms with van der Waals surface area (Å²) >= 11 is 1.73. The smallest absolute Gasteiger partial charge is 0.341 e. The first kappa shape index (κ1) is 17.2. The highest BCUT2D eigenvalue weighted by molar-refractivity contribution is 7.09. The largest absolute Gasteiger partial charge is 0.472 e. The minimum absolute atomic E-state index is 0.202. The van der Waals surface area contributed by atoms with E-state index in [9.17, 15) is 9.59 Å². The molecule has 0 spiro atoms. The lowest BCUT2D eigenvalue weighted by Crippen LogP contribution is -2.15. The molecule has 0 radical (unpaired) electrons. The van der Waals surface area contributed by atoms with Gasteiger partial charge in [-0.05, 0) is 43.8 Å². The summed E-state index contributed by atoms with van der Waals surface area (Å²) in [6.07, 6.45) is 3.61. The van der Waals surface area contributed by atoms with Gasteiger partial charge < -0.3 is 13.7 Å². The molecule has 0 saturated heterocycles. The van der Waals surface area contributed by atoms with Gasteiger partial charge in [-0.1, -0.05) is 6.07 Å². The van der Waals surface area contributed by atoms with Crippen molar-refractivity contribution >= 4 is 23.1 Å². The highest BCUT2D eigenvalue weighted by Crippen LogP contribution is 2.18. The van der Waals surface area contributed by atoms with Gasteiger partial charge in [0, 0.05) is 28.4 Å². The highest BCUT2D eigenvalue weighted by atomic mass is 32.1. The number of carbonyl (C=O) groups is 2. The molecule has 5 nitrogen and oxygen atoms in total. The SMILES string of the molecule is Cc1cc(C(=O)COC(=O)c2ccoc2)c(C)n1CCc1cccs1. The molecule has 0 N–H and O–H groups in total. The molecule has 0 atom stereocenters. The summed E-state index contributed by atoms with van der Waals surface area (Å²) < 4.78 is 12.0. The van der Waals surface area contributed by atoms with Crippen molar-refractivity contribution in [3.8, 4) is 0 Å². The third-order valence-corrected chi connectivity index (χ3v) is 5.06. The number of furan rings is 1. The minimum Gasteiger partial charge on any atom is -0.472 e. The quantitative estimate of drug-likeness (QED) is 0.473. The number of carbonyl (C=O) groups excluding carboxylic acids is 2. The number of nitrogens with zero attached hydrogens (tertiary/aromatic N) is 1. The number of esters is 1. The summed E-state index contributed by atoms with van der Waals surface area (Å²) in [6.45, 7) is 4.45. The Kier molecular flexibility index (Phi) is 5.19. The fourth-order valence-corrected chi connectivity index (χ4v) is 3.48. The molecule has 0 aliphatic rings. The van der Waals surface area contributed by atoms with Crippen LogP contribution >= 0.6 is 11.3 Å². The van der Waals surface area contributed by atoms with Gasteiger partial charge in [0.25, 0.3) is 0 Å². The van der Waals surface area contributed by atoms with E-state index >= 15 is 0 Å². The van der Waals surface area contributed by atoms with Crippen LogP contribution in [0.15, 0.2) is 46.6 Å². The molecule has 25 heavy (non-hydrogen) atoms. The summed E-state index contributed by atoms with van der Waals surface area (Å²) in [5.74, 6) is -0.763. The molecule has 3 aromatic rings. The Morgan fingerprint density at radius 3 is 2.80 bits per heavy atom. The van der Waals surface area contributed by atoms with Crippen LogP contribution in [0.4, 0.5) is 0 Å². The first-order valence-corrected chi connectivity index (χ1v) is 8.86. The summed E-state index contributed by atoms with van der Waals surface area (Å²) in [4.78, 5) is 25.5. The van der Waals surface area contributed by atoms with Crippen LogP contribution in [-0.4, -0.2) is 22.9 Å². The zero-order valence-electron chi connectivity index (χ0n) is 14.2. The maximum absolute atomic E-state index is 12.4. The number of ether oxygens (including phenoxy) is 1. The van der Waals surface area contributed by atoms with Crippen molar-refractivity contribution < 1.29 is 18.7 Å². The van der Waals surface area contributed by atoms with E-state index in [1.54, 1.807) is 11.3 Å². The van der Waals surface area contributed by atoms with Crippen LogP contribution in [-0.2, 0) is 17.7 Å². The van der Waals surface area contributed by atoms with Gasteiger partial charge >= 0.3 is 5.97 Å². The number of Topliss-reactive ketones (excluding diaryl/α,β-unsaturated/α-hetero) is 1. The summed E-state index contributed by atoms with van der Waals surface area (Å²) in [5.41, 5.74) is 2.83. The van der Waals surface area contributed by atoms with Crippen molar-refractivity contribution in [1.82, 2.24) is 4.57 Å². The molecule has 0 saturated carbocycles. The normalized spacial score (nSPS) is 10.8. The highest BCUT2D eigenvalue weighted by Gasteiger charge is 2.18. The Balaban J connectivity index is 1.64. The lowest BCUT2D eigenvalue weighted by molar-refractivity contribution is 0.0474. The van der Waals surface area contributed by atoms with Crippen molar-refractivity contribution in [2.45, 2.75) is 26.8 Å². The number of thiophene rings is 1. The topological polar surface area (TPSA) is 61.4 Å². The van der Waals surface area contributed by atoms with Crippen LogP contribution in [0.5, 0.6) is 0 Å². The zero-order valence-corrected chi connectivity index (χ0v) is 15.0. The number of rotatable bonds is 7. The number of aryl methyl sites for hydroxylation is 2. The van der Waals surface area contributed by atoms with Crippen LogP contribution in [0.1, 0.15) is 37.0 Å². The van der Waals surface area contributed by atoms with E-state index in [1.165, 1.54) is 23.5 Å². The molecule has 0 bridgehead atoms. The van der Waals surface area contributed by atoms with Gasteiger partial charge in [-0.15, -0.1) is 11.3 Å². The molecule has 3 aromatic heterocycles. The third-order valence-electron chi connectivity index (χ3n) is 4.13. The van der Waals surface area contributed by atoms with Gasteiger partial charge in [0.05, 0.1) is 11.8 Å². The van der Waals surface area contributed by atoms with Crippen LogP contribution in [0, 0.1) is 13.8 Å². The first-order chi connectivity index (χ1) is 12.1. The molecule has 0 fully saturated rings. The second-order valence-corrected chi connectivity index (χ2v) is 6.81. The lowest BCUT2D eigenvalue weighted by Gasteiger charge is -2.09. The van der Waals surface area contributed by atoms with E-state index < -0.39 is 5.97 Å². The molecule has 3 heterocycles. The van der Waals surface area contributed by atoms with Crippen LogP contribution in [0.25, 0.3) is 0 Å². The monoisotopic (exact) mass is 357 g/mol. The van der Waals surface area contributed by atoms with E-state index in [0.717, 1.165) is 24.4 Å². The predicted octanol–water partition coefficient (Wildman–Crippen LogP) is 4.04. The van der Waals surface area contributed by atoms with E-state index in [-0.39, 0.29) is 12.4 Å². The van der Waals surface area contributed by atoms with Crippen molar-refractivity contribution in [2.75, 3.05) is 6.61 Å². The maximum Gasteiger partial charge on any atom is 0.341 e. The Morgan fingerprint density at radius 2 is 2.12 bits per heavy atom. The summed E-state index contributed by atoms with van der Waals surface area (Å²) in [5, 5.41) is 2.06. The van der Waals surface area contributed by atoms with Gasteiger partial charge in [0.15, 0.2) is 6.61 Å². The van der Waals surface area contributed by atoms with Gasteiger partial charge in [0.2, 0.25) is 5.78 Å². The van der Waals surface area contributed by atoms with E-state index in [1.807, 2.05) is 26.0 Å². The first-order valence-electron chi connectivity index (χ1n) is 7.98. The molecule has 0 unspecified atom stereocenters. The second kappa shape index (κ2) is 7.53. The standard InChI is InChI=1S/C19H19NO4S/c1-13-10-17(14(2)20(13)7-5-16-4-3-9-25-16)18(21)12-24-19(22)15-6-8-23-11-15/h3-4,6,8-11H,5,7,12H2,1-2H3. The average molecular weight is 357 g/mol. The summed E-state index contributed by atoms with van der Waals surface area (Å²) in [7, 11) is 0. The molecular formula is C19H19NO4S. The molecule has 0 amide bonds. The van der Waals surface area contributed by atoms with Crippen LogP contribution < -0.4 is 0 Å². The van der Waals surface area contributed by atoms with Gasteiger partial charge in [-0.2, -0.15) is 0 Å². The molecule has 0 aliphatic carbocycles. The Morgan fingerprint density at radius 1 is 1.28 bits per heavy atom. The fraction of sp³-hybridized carbons (Fsp3) is 0.263. The minimum atomic E-state index is -0.561. The van der Waals surface area contributed by atoms with Crippen molar-refractivity contribution in [2.24, 2.45) is 0 Å². The molecule has 6 heteroatoms. The maximum atomic E-state index is 12.4. The van der Waals surface area contributed by atoms with Crippen molar-refractivity contribution in [3.05, 3.63) is 69.6 Å². The Hall–Kier alpha value is -2.60. The van der Waals surface area contributed by atoms with Crippen LogP contribution in [0.3, 0.4) is 0 Å². The zero-order chi connectivity index (χ0) is 17.8. The lowest BCUT2D eigenvalue weighted by atomic mass is 10.1. The van der Waals surface area contributed by atoms with Crippen molar-refractivity contribution in [3.63, 3.8) is 0 Å².